The topological polar surface area (TPSA) is 75.3 Å². The molecule has 2 aromatic carbocycles. The lowest BCUT2D eigenvalue weighted by atomic mass is 9.93. The van der Waals surface area contributed by atoms with Crippen LogP contribution in [0.5, 0.6) is 0 Å². The fraction of sp³-hybridized carbons (Fsp3) is 0.381. The van der Waals surface area contributed by atoms with Crippen molar-refractivity contribution in [2.45, 2.75) is 44.6 Å². The van der Waals surface area contributed by atoms with Crippen LogP contribution in [-0.4, -0.2) is 21.4 Å². The molecule has 0 aliphatic carbocycles. The van der Waals surface area contributed by atoms with Crippen LogP contribution >= 0.6 is 0 Å². The third-order valence-corrected chi connectivity index (χ3v) is 6.00. The van der Waals surface area contributed by atoms with Gasteiger partial charge in [0.1, 0.15) is 0 Å². The van der Waals surface area contributed by atoms with Crippen molar-refractivity contribution in [2.75, 3.05) is 7.05 Å². The van der Waals surface area contributed by atoms with Gasteiger partial charge in [-0.15, -0.1) is 0 Å². The van der Waals surface area contributed by atoms with Crippen molar-refractivity contribution in [1.29, 1.82) is 0 Å². The Hall–Kier alpha value is -2.18. The van der Waals surface area contributed by atoms with Gasteiger partial charge in [0.05, 0.1) is 10.9 Å². The van der Waals surface area contributed by atoms with Gasteiger partial charge >= 0.3 is 0 Å². The zero-order valence-electron chi connectivity index (χ0n) is 16.5. The predicted molar refractivity (Wildman–Crippen MR) is 108 cm³/mol. The van der Waals surface area contributed by atoms with Crippen LogP contribution in [0.15, 0.2) is 53.4 Å². The fourth-order valence-electron chi connectivity index (χ4n) is 2.87. The van der Waals surface area contributed by atoms with Crippen LogP contribution in [0.2, 0.25) is 0 Å². The van der Waals surface area contributed by atoms with E-state index in [0.29, 0.717) is 11.5 Å². The summed E-state index contributed by atoms with van der Waals surface area (Å²) in [5.41, 5.74) is 2.59. The molecule has 146 valence electrons. The number of benzene rings is 2. The summed E-state index contributed by atoms with van der Waals surface area (Å²) < 4.78 is 26.2. The maximum atomic E-state index is 12.7. The van der Waals surface area contributed by atoms with Gasteiger partial charge in [-0.3, -0.25) is 4.79 Å². The van der Waals surface area contributed by atoms with Gasteiger partial charge in [-0.1, -0.05) is 58.0 Å². The molecule has 2 N–H and O–H groups in total. The molecule has 1 atom stereocenters. The molecule has 1 amide bonds. The maximum Gasteiger partial charge on any atom is 0.251 e. The number of carbonyl (C=O) groups is 1. The van der Waals surface area contributed by atoms with E-state index < -0.39 is 10.0 Å². The average molecular weight is 389 g/mol. The molecule has 0 saturated heterocycles. The molecule has 0 aliphatic rings. The predicted octanol–water partition coefficient (Wildman–Crippen LogP) is 3.85. The molecule has 0 aromatic heterocycles. The highest BCUT2D eigenvalue weighted by molar-refractivity contribution is 7.89. The average Bonchev–Trinajstić information content (AvgIpc) is 2.65. The third-order valence-electron chi connectivity index (χ3n) is 4.59. The molecular formula is C21H28N2O3S. The van der Waals surface area contributed by atoms with Gasteiger partial charge in [-0.25, -0.2) is 13.1 Å². The van der Waals surface area contributed by atoms with E-state index in [1.54, 1.807) is 12.1 Å². The number of hydrogen-bond acceptors (Lipinski definition) is 3. The minimum absolute atomic E-state index is 0.0695. The summed E-state index contributed by atoms with van der Waals surface area (Å²) in [6.45, 7) is 8.37. The summed E-state index contributed by atoms with van der Waals surface area (Å²) in [5, 5.41) is 3.04. The summed E-state index contributed by atoms with van der Waals surface area (Å²) in [6.07, 6.45) is 0. The molecule has 0 fully saturated rings. The molecule has 0 saturated carbocycles. The van der Waals surface area contributed by atoms with Crippen molar-refractivity contribution in [3.63, 3.8) is 0 Å². The maximum absolute atomic E-state index is 12.7. The first-order valence-corrected chi connectivity index (χ1v) is 10.6. The first-order valence-electron chi connectivity index (χ1n) is 9.10. The van der Waals surface area contributed by atoms with E-state index >= 15 is 0 Å². The zero-order valence-corrected chi connectivity index (χ0v) is 17.3. The number of nitrogens with one attached hydrogen (secondary N) is 2. The van der Waals surface area contributed by atoms with Crippen molar-refractivity contribution >= 4 is 15.9 Å². The minimum atomic E-state index is -3.59. The first kappa shape index (κ1) is 21.1. The summed E-state index contributed by atoms with van der Waals surface area (Å²) in [7, 11) is -2.25. The molecule has 1 unspecified atom stereocenters. The van der Waals surface area contributed by atoms with E-state index in [0.717, 1.165) is 5.56 Å². The fourth-order valence-corrected chi connectivity index (χ4v) is 3.65. The van der Waals surface area contributed by atoms with E-state index in [9.17, 15) is 13.2 Å². The minimum Gasteiger partial charge on any atom is -0.345 e. The Kier molecular flexibility index (Phi) is 6.78. The van der Waals surface area contributed by atoms with Gasteiger partial charge in [-0.05, 0) is 48.2 Å². The van der Waals surface area contributed by atoms with Crippen LogP contribution in [0, 0.1) is 5.92 Å². The second-order valence-electron chi connectivity index (χ2n) is 7.25. The molecule has 0 spiro atoms. The molecule has 0 radical (unpaired) electrons. The third kappa shape index (κ3) is 5.17. The van der Waals surface area contributed by atoms with E-state index in [1.165, 1.54) is 24.7 Å². The van der Waals surface area contributed by atoms with Crippen LogP contribution in [0.1, 0.15) is 61.1 Å². The quantitative estimate of drug-likeness (QED) is 0.757. The van der Waals surface area contributed by atoms with Crippen LogP contribution in [0.3, 0.4) is 0 Å². The summed E-state index contributed by atoms with van der Waals surface area (Å²) >= 11 is 0. The Balaban J connectivity index is 2.26. The molecule has 2 aromatic rings. The van der Waals surface area contributed by atoms with Crippen molar-refractivity contribution in [1.82, 2.24) is 10.0 Å². The van der Waals surface area contributed by atoms with Crippen molar-refractivity contribution < 1.29 is 13.2 Å². The van der Waals surface area contributed by atoms with Gasteiger partial charge in [-0.2, -0.15) is 0 Å². The number of amides is 1. The summed E-state index contributed by atoms with van der Waals surface area (Å²) in [4.78, 5) is 12.8. The molecule has 2 rings (SSSR count). The Morgan fingerprint density at radius 1 is 0.926 bits per heavy atom. The first-order chi connectivity index (χ1) is 12.7. The Labute approximate surface area is 162 Å². The monoisotopic (exact) mass is 388 g/mol. The van der Waals surface area contributed by atoms with Gasteiger partial charge in [0.2, 0.25) is 10.0 Å². The molecule has 0 heterocycles. The van der Waals surface area contributed by atoms with Crippen molar-refractivity contribution in [2.24, 2.45) is 5.92 Å². The van der Waals surface area contributed by atoms with E-state index in [1.807, 2.05) is 26.0 Å². The van der Waals surface area contributed by atoms with Gasteiger partial charge in [0.25, 0.3) is 5.91 Å². The van der Waals surface area contributed by atoms with Gasteiger partial charge in [0, 0.05) is 5.56 Å². The molecule has 6 heteroatoms. The highest BCUT2D eigenvalue weighted by Gasteiger charge is 2.21. The van der Waals surface area contributed by atoms with Crippen LogP contribution in [-0.2, 0) is 10.0 Å². The van der Waals surface area contributed by atoms with Crippen LogP contribution < -0.4 is 10.0 Å². The van der Waals surface area contributed by atoms with Crippen molar-refractivity contribution in [3.05, 3.63) is 65.2 Å². The lowest BCUT2D eigenvalue weighted by Gasteiger charge is -2.23. The van der Waals surface area contributed by atoms with E-state index in [2.05, 4.69) is 36.0 Å². The Bertz CT molecular complexity index is 888. The van der Waals surface area contributed by atoms with Gasteiger partial charge < -0.3 is 5.32 Å². The molecular weight excluding hydrogens is 360 g/mol. The number of rotatable bonds is 7. The van der Waals surface area contributed by atoms with E-state index in [-0.39, 0.29) is 22.8 Å². The number of sulfonamides is 1. The summed E-state index contributed by atoms with van der Waals surface area (Å²) in [6, 6.07) is 14.1. The number of carbonyl (C=O) groups excluding carboxylic acids is 1. The van der Waals surface area contributed by atoms with Crippen molar-refractivity contribution in [3.8, 4) is 0 Å². The highest BCUT2D eigenvalue weighted by Crippen LogP contribution is 2.25. The Morgan fingerprint density at radius 3 is 2.04 bits per heavy atom. The molecule has 0 bridgehead atoms. The highest BCUT2D eigenvalue weighted by atomic mass is 32.2. The van der Waals surface area contributed by atoms with Crippen LogP contribution in [0.4, 0.5) is 0 Å². The molecule has 0 aliphatic heterocycles. The second-order valence-corrected chi connectivity index (χ2v) is 9.14. The lowest BCUT2D eigenvalue weighted by Crippen LogP contribution is -2.32. The second kappa shape index (κ2) is 8.67. The lowest BCUT2D eigenvalue weighted by molar-refractivity contribution is 0.0925. The Morgan fingerprint density at radius 2 is 1.52 bits per heavy atom. The smallest absolute Gasteiger partial charge is 0.251 e. The molecule has 5 nitrogen and oxygen atoms in total. The zero-order chi connectivity index (χ0) is 20.2. The normalized spacial score (nSPS) is 13.0. The SMILES string of the molecule is CNS(=O)(=O)c1cccc(C(=O)NC(c2ccc(C(C)C)cc2)C(C)C)c1. The van der Waals surface area contributed by atoms with Crippen LogP contribution in [0.25, 0.3) is 0 Å². The van der Waals surface area contributed by atoms with Gasteiger partial charge in [0.15, 0.2) is 0 Å². The van der Waals surface area contributed by atoms with E-state index in [4.69, 9.17) is 0 Å². The largest absolute Gasteiger partial charge is 0.345 e. The number of hydrogen-bond donors (Lipinski definition) is 2. The molecule has 27 heavy (non-hydrogen) atoms. The summed E-state index contributed by atoms with van der Waals surface area (Å²) in [5.74, 6) is 0.334. The standard InChI is InChI=1S/C21H28N2O3S/c1-14(2)16-9-11-17(12-10-16)20(15(3)4)23-21(24)18-7-6-8-19(13-18)27(25,26)22-5/h6-15,20,22H,1-5H3,(H,23,24).